The van der Waals surface area contributed by atoms with Crippen molar-refractivity contribution in [2.24, 2.45) is 5.92 Å². The van der Waals surface area contributed by atoms with Crippen molar-refractivity contribution in [3.8, 4) is 12.3 Å². The molecule has 17 heavy (non-hydrogen) atoms. The molecule has 0 aromatic heterocycles. The second-order valence-electron chi connectivity index (χ2n) is 5.19. The van der Waals surface area contributed by atoms with E-state index >= 15 is 0 Å². The third-order valence-electron chi connectivity index (χ3n) is 3.28. The lowest BCUT2D eigenvalue weighted by Gasteiger charge is -2.19. The minimum Gasteiger partial charge on any atom is -0.317 e. The molecule has 0 amide bonds. The third-order valence-corrected chi connectivity index (χ3v) is 3.28. The van der Waals surface area contributed by atoms with Gasteiger partial charge in [-0.25, -0.2) is 0 Å². The van der Waals surface area contributed by atoms with Gasteiger partial charge in [-0.15, -0.1) is 6.42 Å². The molecule has 0 spiro atoms. The van der Waals surface area contributed by atoms with Gasteiger partial charge in [0.05, 0.1) is 6.54 Å². The van der Waals surface area contributed by atoms with E-state index in [1.165, 1.54) is 58.2 Å². The summed E-state index contributed by atoms with van der Waals surface area (Å²) >= 11 is 0. The van der Waals surface area contributed by atoms with Crippen LogP contribution in [0.3, 0.4) is 0 Å². The van der Waals surface area contributed by atoms with Crippen LogP contribution < -0.4 is 5.32 Å². The molecule has 1 aliphatic carbocycles. The molecule has 0 radical (unpaired) electrons. The van der Waals surface area contributed by atoms with Gasteiger partial charge >= 0.3 is 0 Å². The van der Waals surface area contributed by atoms with Crippen molar-refractivity contribution in [2.45, 2.75) is 45.4 Å². The molecule has 0 heterocycles. The molecule has 1 aliphatic rings. The number of rotatable bonds is 11. The van der Waals surface area contributed by atoms with Gasteiger partial charge in [-0.05, 0) is 57.7 Å². The van der Waals surface area contributed by atoms with Crippen LogP contribution in [0.4, 0.5) is 0 Å². The Morgan fingerprint density at radius 3 is 2.71 bits per heavy atom. The fourth-order valence-corrected chi connectivity index (χ4v) is 2.09. The van der Waals surface area contributed by atoms with Gasteiger partial charge < -0.3 is 5.32 Å². The van der Waals surface area contributed by atoms with E-state index in [0.717, 1.165) is 19.0 Å². The molecule has 0 aromatic rings. The number of terminal acetylenes is 1. The van der Waals surface area contributed by atoms with Gasteiger partial charge in [-0.1, -0.05) is 19.3 Å². The van der Waals surface area contributed by atoms with Gasteiger partial charge in [0.2, 0.25) is 0 Å². The number of unbranched alkanes of at least 4 members (excludes halogenated alkanes) is 2. The Kier molecular flexibility index (Phi) is 8.13. The van der Waals surface area contributed by atoms with Crippen LogP contribution in [-0.4, -0.2) is 37.6 Å². The van der Waals surface area contributed by atoms with Crippen molar-refractivity contribution < 1.29 is 0 Å². The maximum atomic E-state index is 5.41. The number of nitrogens with one attached hydrogen (secondary N) is 1. The highest BCUT2D eigenvalue weighted by atomic mass is 15.1. The summed E-state index contributed by atoms with van der Waals surface area (Å²) in [4.78, 5) is 2.46. The molecular weight excluding hydrogens is 208 g/mol. The van der Waals surface area contributed by atoms with Crippen molar-refractivity contribution in [3.05, 3.63) is 0 Å². The smallest absolute Gasteiger partial charge is 0.0599 e. The third kappa shape index (κ3) is 8.24. The molecule has 1 rings (SSSR count). The predicted octanol–water partition coefficient (Wildman–Crippen LogP) is 2.50. The molecular formula is C15H28N2. The summed E-state index contributed by atoms with van der Waals surface area (Å²) < 4.78 is 0. The second-order valence-corrected chi connectivity index (χ2v) is 5.19. The van der Waals surface area contributed by atoms with Crippen LogP contribution in [0.2, 0.25) is 0 Å². The summed E-state index contributed by atoms with van der Waals surface area (Å²) in [5, 5.41) is 3.44. The van der Waals surface area contributed by atoms with Gasteiger partial charge in [0.15, 0.2) is 0 Å². The Balaban J connectivity index is 1.92. The molecule has 0 saturated heterocycles. The molecule has 1 N–H and O–H groups in total. The van der Waals surface area contributed by atoms with Crippen LogP contribution in [-0.2, 0) is 0 Å². The minimum atomic E-state index is 0.838. The summed E-state index contributed by atoms with van der Waals surface area (Å²) in [6.07, 6.45) is 13.4. The molecule has 1 saturated carbocycles. The first kappa shape index (κ1) is 14.5. The first-order chi connectivity index (χ1) is 8.36. The van der Waals surface area contributed by atoms with E-state index in [2.05, 4.69) is 23.1 Å². The van der Waals surface area contributed by atoms with Gasteiger partial charge in [0.25, 0.3) is 0 Å². The van der Waals surface area contributed by atoms with Crippen molar-refractivity contribution in [1.82, 2.24) is 10.2 Å². The zero-order valence-corrected chi connectivity index (χ0v) is 11.4. The van der Waals surface area contributed by atoms with E-state index in [9.17, 15) is 0 Å². The lowest BCUT2D eigenvalue weighted by Crippen LogP contribution is -2.27. The fourth-order valence-electron chi connectivity index (χ4n) is 2.09. The van der Waals surface area contributed by atoms with Gasteiger partial charge in [-0.3, -0.25) is 4.90 Å². The Bertz CT molecular complexity index is 215. The highest BCUT2D eigenvalue weighted by Gasteiger charge is 2.23. The van der Waals surface area contributed by atoms with Crippen LogP contribution in [0.1, 0.15) is 45.4 Å². The number of nitrogens with zero attached hydrogens (tertiary/aromatic N) is 1. The topological polar surface area (TPSA) is 15.3 Å². The van der Waals surface area contributed by atoms with Crippen LogP contribution in [0, 0.1) is 18.3 Å². The van der Waals surface area contributed by atoms with Crippen molar-refractivity contribution in [1.29, 1.82) is 0 Å². The van der Waals surface area contributed by atoms with Crippen LogP contribution in [0.5, 0.6) is 0 Å². The molecule has 98 valence electrons. The van der Waals surface area contributed by atoms with E-state index in [1.54, 1.807) is 0 Å². The van der Waals surface area contributed by atoms with E-state index < -0.39 is 0 Å². The van der Waals surface area contributed by atoms with Crippen LogP contribution in [0.25, 0.3) is 0 Å². The van der Waals surface area contributed by atoms with Gasteiger partial charge in [0.1, 0.15) is 0 Å². The normalized spacial score (nSPS) is 15.1. The zero-order valence-electron chi connectivity index (χ0n) is 11.4. The molecule has 1 fully saturated rings. The zero-order chi connectivity index (χ0) is 12.3. The predicted molar refractivity (Wildman–Crippen MR) is 75.0 cm³/mol. The van der Waals surface area contributed by atoms with Gasteiger partial charge in [0, 0.05) is 6.54 Å². The van der Waals surface area contributed by atoms with Crippen LogP contribution in [0.15, 0.2) is 0 Å². The Morgan fingerprint density at radius 2 is 2.06 bits per heavy atom. The second kappa shape index (κ2) is 9.50. The number of hydrogen-bond donors (Lipinski definition) is 1. The lowest BCUT2D eigenvalue weighted by molar-refractivity contribution is 0.287. The van der Waals surface area contributed by atoms with Crippen molar-refractivity contribution >= 4 is 0 Å². The monoisotopic (exact) mass is 236 g/mol. The Morgan fingerprint density at radius 1 is 1.24 bits per heavy atom. The summed E-state index contributed by atoms with van der Waals surface area (Å²) in [5.41, 5.74) is 0. The average Bonchev–Trinajstić information content (AvgIpc) is 3.12. The van der Waals surface area contributed by atoms with E-state index in [-0.39, 0.29) is 0 Å². The molecule has 2 heteroatoms. The van der Waals surface area contributed by atoms with Crippen molar-refractivity contribution in [3.63, 3.8) is 0 Å². The highest BCUT2D eigenvalue weighted by molar-refractivity contribution is 4.90. The van der Waals surface area contributed by atoms with Gasteiger partial charge in [-0.2, -0.15) is 0 Å². The average molecular weight is 236 g/mol. The summed E-state index contributed by atoms with van der Waals surface area (Å²) in [6.45, 7) is 7.80. The Hall–Kier alpha value is -0.520. The Labute approximate surface area is 107 Å². The number of hydrogen-bond acceptors (Lipinski definition) is 2. The largest absolute Gasteiger partial charge is 0.317 e. The molecule has 0 aliphatic heterocycles. The minimum absolute atomic E-state index is 0.838. The van der Waals surface area contributed by atoms with E-state index in [1.807, 2.05) is 0 Å². The SMILES string of the molecule is C#CCN(CCCCCNCCC)CC1CC1. The molecule has 2 nitrogen and oxygen atoms in total. The molecule has 0 aromatic carbocycles. The fraction of sp³-hybridized carbons (Fsp3) is 0.867. The molecule has 0 bridgehead atoms. The molecule has 0 atom stereocenters. The summed E-state index contributed by atoms with van der Waals surface area (Å²) in [5.74, 6) is 3.74. The first-order valence-electron chi connectivity index (χ1n) is 7.23. The van der Waals surface area contributed by atoms with Crippen molar-refractivity contribution in [2.75, 3.05) is 32.7 Å². The highest BCUT2D eigenvalue weighted by Crippen LogP contribution is 2.29. The quantitative estimate of drug-likeness (QED) is 0.438. The maximum Gasteiger partial charge on any atom is 0.0599 e. The molecule has 0 unspecified atom stereocenters. The first-order valence-corrected chi connectivity index (χ1v) is 7.23. The van der Waals surface area contributed by atoms with Crippen LogP contribution >= 0.6 is 0 Å². The maximum absolute atomic E-state index is 5.41. The standard InChI is InChI=1S/C15H28N2/c1-3-10-16-11-6-5-7-13-17(12-4-2)14-15-8-9-15/h2,15-16H,3,5-14H2,1H3. The summed E-state index contributed by atoms with van der Waals surface area (Å²) in [6, 6.07) is 0. The summed E-state index contributed by atoms with van der Waals surface area (Å²) in [7, 11) is 0. The van der Waals surface area contributed by atoms with E-state index in [4.69, 9.17) is 6.42 Å². The lowest BCUT2D eigenvalue weighted by atomic mass is 10.2. The van der Waals surface area contributed by atoms with E-state index in [0.29, 0.717) is 0 Å².